The molecule has 0 amide bonds. The molecule has 0 radical (unpaired) electrons. The Hall–Kier alpha value is -1.61. The minimum absolute atomic E-state index is 0.120. The predicted molar refractivity (Wildman–Crippen MR) is 89.7 cm³/mol. The molecule has 0 bridgehead atoms. The zero-order chi connectivity index (χ0) is 15.9. The van der Waals surface area contributed by atoms with Crippen LogP contribution in [0.25, 0.3) is 0 Å². The normalized spacial score (nSPS) is 15.0. The van der Waals surface area contributed by atoms with Gasteiger partial charge in [0, 0.05) is 6.04 Å². The molecular weight excluding hydrogens is 297 g/mol. The van der Waals surface area contributed by atoms with Crippen LogP contribution in [-0.4, -0.2) is 17.5 Å². The molecule has 2 unspecified atom stereocenters. The van der Waals surface area contributed by atoms with E-state index in [0.717, 1.165) is 17.5 Å². The molecule has 22 heavy (non-hydrogen) atoms. The first-order valence-electron chi connectivity index (χ1n) is 7.31. The van der Waals surface area contributed by atoms with E-state index in [-0.39, 0.29) is 12.6 Å². The fraction of sp³-hybridized carbons (Fsp3) is 0.294. The van der Waals surface area contributed by atoms with Gasteiger partial charge in [0.05, 0.1) is 5.66 Å². The molecule has 2 aromatic carbocycles. The molecule has 0 fully saturated rings. The molecule has 0 saturated heterocycles. The minimum atomic E-state index is -2.71. The molecule has 0 saturated carbocycles. The summed E-state index contributed by atoms with van der Waals surface area (Å²) >= 11 is 0. The van der Waals surface area contributed by atoms with Crippen LogP contribution in [0.15, 0.2) is 54.6 Å². The van der Waals surface area contributed by atoms with Gasteiger partial charge < -0.3 is 15.4 Å². The van der Waals surface area contributed by atoms with E-state index < -0.39 is 13.7 Å². The van der Waals surface area contributed by atoms with Crippen molar-refractivity contribution in [1.82, 2.24) is 0 Å². The van der Waals surface area contributed by atoms with Crippen LogP contribution in [0.4, 0.5) is 0 Å². The van der Waals surface area contributed by atoms with Crippen molar-refractivity contribution in [1.29, 1.82) is 0 Å². The van der Waals surface area contributed by atoms with Crippen molar-refractivity contribution in [2.45, 2.75) is 25.0 Å². The highest BCUT2D eigenvalue weighted by Gasteiger charge is 2.17. The second-order valence-corrected chi connectivity index (χ2v) is 6.81. The molecule has 0 aromatic heterocycles. The van der Waals surface area contributed by atoms with E-state index in [9.17, 15) is 9.46 Å². The molecule has 0 heterocycles. The van der Waals surface area contributed by atoms with E-state index in [4.69, 9.17) is 10.5 Å². The first kappa shape index (κ1) is 16.8. The topological polar surface area (TPSA) is 72.5 Å². The Kier molecular flexibility index (Phi) is 6.20. The lowest BCUT2D eigenvalue weighted by atomic mass is 10.1. The van der Waals surface area contributed by atoms with Crippen molar-refractivity contribution in [3.05, 3.63) is 65.7 Å². The number of benzene rings is 2. The highest BCUT2D eigenvalue weighted by Crippen LogP contribution is 2.37. The van der Waals surface area contributed by atoms with Crippen molar-refractivity contribution >= 4 is 8.03 Å². The maximum absolute atomic E-state index is 11.6. The zero-order valence-electron chi connectivity index (χ0n) is 12.6. The molecule has 3 N–H and O–H groups in total. The Morgan fingerprint density at radius 1 is 1.14 bits per heavy atom. The first-order chi connectivity index (χ1) is 10.6. The summed E-state index contributed by atoms with van der Waals surface area (Å²) in [4.78, 5) is 9.54. The first-order valence-corrected chi connectivity index (χ1v) is 8.74. The highest BCUT2D eigenvalue weighted by molar-refractivity contribution is 7.38. The maximum atomic E-state index is 11.6. The lowest BCUT2D eigenvalue weighted by molar-refractivity contribution is 0.308. The van der Waals surface area contributed by atoms with Gasteiger partial charge in [-0.05, 0) is 36.6 Å². The van der Waals surface area contributed by atoms with Crippen LogP contribution in [0.1, 0.15) is 23.7 Å². The maximum Gasteiger partial charge on any atom is 0.199 e. The largest absolute Gasteiger partial charge is 0.492 e. The van der Waals surface area contributed by atoms with E-state index in [2.05, 4.69) is 0 Å². The Morgan fingerprint density at radius 3 is 2.32 bits per heavy atom. The molecule has 4 nitrogen and oxygen atoms in total. The van der Waals surface area contributed by atoms with E-state index in [1.807, 2.05) is 61.5 Å². The summed E-state index contributed by atoms with van der Waals surface area (Å²) in [5.74, 6) is 0.692. The standard InChI is InChI=1S/C17H22NO3P/c1-13(18)11-14-7-9-16(10-8-14)21-12-17(22(19)20)15-5-3-2-4-6-15/h2-10,13,17,22H,11-12,18H2,1H3,(H,19,20). The van der Waals surface area contributed by atoms with Crippen molar-refractivity contribution in [3.8, 4) is 5.75 Å². The minimum Gasteiger partial charge on any atom is -0.492 e. The van der Waals surface area contributed by atoms with Crippen LogP contribution in [-0.2, 0) is 11.0 Å². The fourth-order valence-corrected chi connectivity index (χ4v) is 2.97. The van der Waals surface area contributed by atoms with E-state index in [1.54, 1.807) is 0 Å². The Balaban J connectivity index is 1.99. The van der Waals surface area contributed by atoms with E-state index in [0.29, 0.717) is 5.75 Å². The molecule has 118 valence electrons. The van der Waals surface area contributed by atoms with Gasteiger partial charge in [0.1, 0.15) is 12.4 Å². The summed E-state index contributed by atoms with van der Waals surface area (Å²) in [7, 11) is -2.71. The average molecular weight is 319 g/mol. The summed E-state index contributed by atoms with van der Waals surface area (Å²) in [6.45, 7) is 2.15. The van der Waals surface area contributed by atoms with E-state index >= 15 is 0 Å². The lowest BCUT2D eigenvalue weighted by Crippen LogP contribution is -2.17. The number of hydrogen-bond donors (Lipinski definition) is 2. The fourth-order valence-electron chi connectivity index (χ4n) is 2.27. The van der Waals surface area contributed by atoms with Crippen LogP contribution in [0.2, 0.25) is 0 Å². The summed E-state index contributed by atoms with van der Waals surface area (Å²) in [6, 6.07) is 17.1. The van der Waals surface area contributed by atoms with Gasteiger partial charge in [0.25, 0.3) is 0 Å². The van der Waals surface area contributed by atoms with Crippen LogP contribution in [0.5, 0.6) is 5.75 Å². The summed E-state index contributed by atoms with van der Waals surface area (Å²) in [5, 5.41) is 0. The lowest BCUT2D eigenvalue weighted by Gasteiger charge is -2.15. The van der Waals surface area contributed by atoms with Crippen molar-refractivity contribution in [2.24, 2.45) is 5.73 Å². The molecular formula is C17H22NO3P. The van der Waals surface area contributed by atoms with Crippen LogP contribution >= 0.6 is 8.03 Å². The van der Waals surface area contributed by atoms with Crippen LogP contribution in [0.3, 0.4) is 0 Å². The second kappa shape index (κ2) is 8.14. The predicted octanol–water partition coefficient (Wildman–Crippen LogP) is 3.16. The second-order valence-electron chi connectivity index (χ2n) is 5.44. The van der Waals surface area contributed by atoms with Gasteiger partial charge >= 0.3 is 0 Å². The molecule has 0 aliphatic rings. The molecule has 0 aliphatic carbocycles. The van der Waals surface area contributed by atoms with Crippen molar-refractivity contribution in [2.75, 3.05) is 6.61 Å². The van der Waals surface area contributed by atoms with Crippen LogP contribution < -0.4 is 10.5 Å². The Bertz CT molecular complexity index is 599. The van der Waals surface area contributed by atoms with Gasteiger partial charge in [0.15, 0.2) is 8.03 Å². The molecule has 0 spiro atoms. The van der Waals surface area contributed by atoms with E-state index in [1.165, 1.54) is 0 Å². The van der Waals surface area contributed by atoms with Crippen molar-refractivity contribution in [3.63, 3.8) is 0 Å². The van der Waals surface area contributed by atoms with Gasteiger partial charge in [-0.1, -0.05) is 42.5 Å². The van der Waals surface area contributed by atoms with Gasteiger partial charge in [-0.25, -0.2) is 0 Å². The third-order valence-corrected chi connectivity index (χ3v) is 4.49. The SMILES string of the molecule is CC(N)Cc1ccc(OCC(c2ccccc2)[P@H](=O)O)cc1. The number of ether oxygens (including phenoxy) is 1. The Morgan fingerprint density at radius 2 is 1.77 bits per heavy atom. The van der Waals surface area contributed by atoms with Crippen molar-refractivity contribution < 1.29 is 14.2 Å². The van der Waals surface area contributed by atoms with Gasteiger partial charge in [-0.15, -0.1) is 0 Å². The van der Waals surface area contributed by atoms with Gasteiger partial charge in [-0.2, -0.15) is 0 Å². The average Bonchev–Trinajstić information content (AvgIpc) is 2.49. The third kappa shape index (κ3) is 4.99. The summed E-state index contributed by atoms with van der Waals surface area (Å²) in [5.41, 5.74) is 7.25. The number of hydrogen-bond acceptors (Lipinski definition) is 3. The third-order valence-electron chi connectivity index (χ3n) is 3.40. The van der Waals surface area contributed by atoms with Crippen LogP contribution in [0, 0.1) is 0 Å². The molecule has 0 aliphatic heterocycles. The number of nitrogens with two attached hydrogens (primary N) is 1. The molecule has 2 rings (SSSR count). The smallest absolute Gasteiger partial charge is 0.199 e. The van der Waals surface area contributed by atoms with Gasteiger partial charge in [-0.3, -0.25) is 4.57 Å². The Labute approximate surface area is 131 Å². The molecule has 5 heteroatoms. The highest BCUT2D eigenvalue weighted by atomic mass is 31.1. The van der Waals surface area contributed by atoms with Gasteiger partial charge in [0.2, 0.25) is 0 Å². The quantitative estimate of drug-likeness (QED) is 0.769. The monoisotopic (exact) mass is 319 g/mol. The number of rotatable bonds is 7. The molecule has 2 aromatic rings. The summed E-state index contributed by atoms with van der Waals surface area (Å²) in [6.07, 6.45) is 0.817. The zero-order valence-corrected chi connectivity index (χ0v) is 13.6. The summed E-state index contributed by atoms with van der Waals surface area (Å²) < 4.78 is 17.3. The molecule has 3 atom stereocenters.